The molecule has 1 aliphatic rings. The van der Waals surface area contributed by atoms with Crippen LogP contribution in [0.3, 0.4) is 0 Å². The maximum atomic E-state index is 2.48. The topological polar surface area (TPSA) is 8.17 Å². The van der Waals surface area contributed by atoms with E-state index in [4.69, 9.17) is 0 Å². The summed E-state index contributed by atoms with van der Waals surface area (Å²) in [7, 11) is 0. The molecule has 60 heavy (non-hydrogen) atoms. The smallest absolute Gasteiger partial charge is 0.0634 e. The number of benzene rings is 9. The standard InChI is InChI=1S/C57H40N2S/c1-57(2)50-21-13-12-20-45(50)46-29-28-44(36-51(46)57)58(41-16-8-4-9-17-41)43-26-22-38(23-27-43)40-25-32-53-49(35-40)55-54(60-53)33-30-47-48-34-39(37-14-6-3-7-15-37)24-31-52(48)59(56(47)55)42-18-10-5-11-19-42/h3-36H,1-2H3. The summed E-state index contributed by atoms with van der Waals surface area (Å²) in [5.74, 6) is 0. The lowest BCUT2D eigenvalue weighted by Gasteiger charge is -2.28. The van der Waals surface area contributed by atoms with Crippen molar-refractivity contribution in [2.24, 2.45) is 0 Å². The highest BCUT2D eigenvalue weighted by molar-refractivity contribution is 7.26. The highest BCUT2D eigenvalue weighted by Crippen LogP contribution is 2.51. The second kappa shape index (κ2) is 13.4. The number of hydrogen-bond acceptors (Lipinski definition) is 2. The van der Waals surface area contributed by atoms with Crippen molar-refractivity contribution in [2.75, 3.05) is 4.90 Å². The quantitative estimate of drug-likeness (QED) is 0.163. The minimum absolute atomic E-state index is 0.0786. The van der Waals surface area contributed by atoms with E-state index in [0.29, 0.717) is 0 Å². The molecule has 0 saturated carbocycles. The Morgan fingerprint density at radius 1 is 0.417 bits per heavy atom. The molecule has 1 aliphatic carbocycles. The number of fused-ring (bicyclic) bond motifs is 10. The third-order valence-corrected chi connectivity index (χ3v) is 13.9. The molecule has 0 unspecified atom stereocenters. The Kier molecular flexibility index (Phi) is 7.79. The lowest BCUT2D eigenvalue weighted by atomic mass is 9.82. The summed E-state index contributed by atoms with van der Waals surface area (Å²) in [5.41, 5.74) is 17.3. The fourth-order valence-electron chi connectivity index (χ4n) is 9.86. The van der Waals surface area contributed by atoms with Gasteiger partial charge in [0.1, 0.15) is 0 Å². The van der Waals surface area contributed by atoms with E-state index in [9.17, 15) is 0 Å². The molecule has 3 heteroatoms. The van der Waals surface area contributed by atoms with E-state index in [2.05, 4.69) is 230 Å². The monoisotopic (exact) mass is 784 g/mol. The highest BCUT2D eigenvalue weighted by atomic mass is 32.1. The molecule has 11 aromatic rings. The van der Waals surface area contributed by atoms with Crippen LogP contribution in [0.25, 0.3) is 81.0 Å². The first-order valence-electron chi connectivity index (χ1n) is 20.8. The summed E-state index contributed by atoms with van der Waals surface area (Å²) >= 11 is 1.88. The molecule has 9 aromatic carbocycles. The highest BCUT2D eigenvalue weighted by Gasteiger charge is 2.35. The Balaban J connectivity index is 0.993. The zero-order chi connectivity index (χ0) is 40.0. The summed E-state index contributed by atoms with van der Waals surface area (Å²) in [6.45, 7) is 4.70. The van der Waals surface area contributed by atoms with Crippen molar-refractivity contribution in [1.82, 2.24) is 4.57 Å². The van der Waals surface area contributed by atoms with Crippen LogP contribution in [0.4, 0.5) is 17.1 Å². The van der Waals surface area contributed by atoms with Crippen LogP contribution in [0.15, 0.2) is 206 Å². The minimum atomic E-state index is -0.0786. The fraction of sp³-hybridized carbons (Fsp3) is 0.0526. The van der Waals surface area contributed by atoms with Crippen molar-refractivity contribution in [3.8, 4) is 39.1 Å². The van der Waals surface area contributed by atoms with Gasteiger partial charge in [-0.05, 0) is 123 Å². The largest absolute Gasteiger partial charge is 0.310 e. The number of hydrogen-bond donors (Lipinski definition) is 0. The Morgan fingerprint density at radius 3 is 1.78 bits per heavy atom. The van der Waals surface area contributed by atoms with Gasteiger partial charge in [0.2, 0.25) is 0 Å². The van der Waals surface area contributed by atoms with Crippen LogP contribution >= 0.6 is 11.3 Å². The van der Waals surface area contributed by atoms with E-state index in [1.54, 1.807) is 0 Å². The predicted molar refractivity (Wildman–Crippen MR) is 257 cm³/mol. The van der Waals surface area contributed by atoms with Gasteiger partial charge in [-0.3, -0.25) is 0 Å². The van der Waals surface area contributed by atoms with Gasteiger partial charge in [0.25, 0.3) is 0 Å². The average molecular weight is 785 g/mol. The SMILES string of the molecule is CC1(C)c2ccccc2-c2ccc(N(c3ccccc3)c3ccc(-c4ccc5sc6ccc7c8cc(-c9ccccc9)ccc8n(-c8ccccc8)c7c6c5c4)cc3)cc21. The summed E-state index contributed by atoms with van der Waals surface area (Å²) in [4.78, 5) is 2.39. The first-order chi connectivity index (χ1) is 29.5. The van der Waals surface area contributed by atoms with Crippen LogP contribution in [0.5, 0.6) is 0 Å². The summed E-state index contributed by atoms with van der Waals surface area (Å²) < 4.78 is 5.07. The Hall–Kier alpha value is -7.20. The van der Waals surface area contributed by atoms with Gasteiger partial charge in [-0.1, -0.05) is 141 Å². The van der Waals surface area contributed by atoms with E-state index < -0.39 is 0 Å². The van der Waals surface area contributed by atoms with Crippen molar-refractivity contribution in [3.05, 3.63) is 217 Å². The van der Waals surface area contributed by atoms with E-state index in [-0.39, 0.29) is 5.41 Å². The van der Waals surface area contributed by atoms with Crippen molar-refractivity contribution >= 4 is 70.4 Å². The molecule has 2 heterocycles. The Labute approximate surface area is 353 Å². The average Bonchev–Trinajstić information content (AvgIpc) is 3.92. The van der Waals surface area contributed by atoms with Crippen LogP contribution in [-0.4, -0.2) is 4.57 Å². The molecule has 0 aliphatic heterocycles. The second-order valence-electron chi connectivity index (χ2n) is 16.5. The lowest BCUT2D eigenvalue weighted by Crippen LogP contribution is -2.16. The molecular formula is C57H40N2S. The molecule has 0 fully saturated rings. The van der Waals surface area contributed by atoms with Gasteiger partial charge >= 0.3 is 0 Å². The molecule has 0 atom stereocenters. The lowest BCUT2D eigenvalue weighted by molar-refractivity contribution is 0.660. The van der Waals surface area contributed by atoms with E-state index in [1.165, 1.54) is 92.2 Å². The van der Waals surface area contributed by atoms with Gasteiger partial charge in [-0.15, -0.1) is 11.3 Å². The zero-order valence-electron chi connectivity index (χ0n) is 33.4. The Bertz CT molecular complexity index is 3430. The number of rotatable bonds is 6. The number of anilines is 3. The molecule has 2 nitrogen and oxygen atoms in total. The summed E-state index contributed by atoms with van der Waals surface area (Å²) in [6, 6.07) is 75.9. The molecule has 0 N–H and O–H groups in total. The van der Waals surface area contributed by atoms with Crippen LogP contribution < -0.4 is 4.90 Å². The fourth-order valence-corrected chi connectivity index (χ4v) is 10.9. The first kappa shape index (κ1) is 34.8. The van der Waals surface area contributed by atoms with E-state index in [0.717, 1.165) is 17.1 Å². The van der Waals surface area contributed by atoms with Crippen molar-refractivity contribution in [2.45, 2.75) is 19.3 Å². The van der Waals surface area contributed by atoms with Crippen LogP contribution in [0.2, 0.25) is 0 Å². The van der Waals surface area contributed by atoms with Gasteiger partial charge < -0.3 is 9.47 Å². The molecule has 0 saturated heterocycles. The third kappa shape index (κ3) is 5.33. The van der Waals surface area contributed by atoms with E-state index in [1.807, 2.05) is 11.3 Å². The number of aromatic nitrogens is 1. The number of thiophene rings is 1. The molecule has 0 radical (unpaired) electrons. The molecule has 2 aromatic heterocycles. The number of para-hydroxylation sites is 2. The minimum Gasteiger partial charge on any atom is -0.310 e. The zero-order valence-corrected chi connectivity index (χ0v) is 34.2. The molecule has 12 rings (SSSR count). The van der Waals surface area contributed by atoms with Crippen molar-refractivity contribution < 1.29 is 0 Å². The summed E-state index contributed by atoms with van der Waals surface area (Å²) in [6.07, 6.45) is 0. The van der Waals surface area contributed by atoms with Crippen LogP contribution in [0.1, 0.15) is 25.0 Å². The van der Waals surface area contributed by atoms with E-state index >= 15 is 0 Å². The maximum absolute atomic E-state index is 2.48. The molecule has 0 amide bonds. The van der Waals surface area contributed by atoms with Crippen molar-refractivity contribution in [1.29, 1.82) is 0 Å². The number of nitrogens with zero attached hydrogens (tertiary/aromatic N) is 2. The molecule has 0 bridgehead atoms. The van der Waals surface area contributed by atoms with Gasteiger partial charge in [-0.2, -0.15) is 0 Å². The van der Waals surface area contributed by atoms with Gasteiger partial charge in [0, 0.05) is 59.1 Å². The molecular weight excluding hydrogens is 745 g/mol. The Morgan fingerprint density at radius 2 is 1.00 bits per heavy atom. The molecule has 0 spiro atoms. The summed E-state index contributed by atoms with van der Waals surface area (Å²) in [5, 5.41) is 5.14. The predicted octanol–water partition coefficient (Wildman–Crippen LogP) is 16.3. The molecule has 284 valence electrons. The third-order valence-electron chi connectivity index (χ3n) is 12.8. The second-order valence-corrected chi connectivity index (χ2v) is 17.6. The maximum Gasteiger partial charge on any atom is 0.0634 e. The van der Waals surface area contributed by atoms with Crippen LogP contribution in [-0.2, 0) is 5.41 Å². The van der Waals surface area contributed by atoms with Crippen molar-refractivity contribution in [3.63, 3.8) is 0 Å². The van der Waals surface area contributed by atoms with Gasteiger partial charge in [0.05, 0.1) is 11.0 Å². The van der Waals surface area contributed by atoms with Gasteiger partial charge in [0.15, 0.2) is 0 Å². The normalized spacial score (nSPS) is 13.0. The first-order valence-corrected chi connectivity index (χ1v) is 21.6. The van der Waals surface area contributed by atoms with Gasteiger partial charge in [-0.25, -0.2) is 0 Å². The van der Waals surface area contributed by atoms with Crippen LogP contribution in [0, 0.1) is 0 Å².